The number of aryl methyl sites for hydroxylation is 1. The van der Waals surface area contributed by atoms with Crippen LogP contribution in [0.15, 0.2) is 53.4 Å². The number of benzene rings is 2. The van der Waals surface area contributed by atoms with Crippen LogP contribution in [0.5, 0.6) is 0 Å². The van der Waals surface area contributed by atoms with Crippen molar-refractivity contribution in [3.05, 3.63) is 59.7 Å². The Morgan fingerprint density at radius 3 is 2.04 bits per heavy atom. The van der Waals surface area contributed by atoms with Crippen molar-refractivity contribution in [1.82, 2.24) is 5.32 Å². The van der Waals surface area contributed by atoms with Crippen LogP contribution in [-0.2, 0) is 27.7 Å². The lowest BCUT2D eigenvalue weighted by molar-refractivity contribution is -0.119. The maximum absolute atomic E-state index is 12.3. The summed E-state index contributed by atoms with van der Waals surface area (Å²) in [6.07, 6.45) is 1.13. The third-order valence-corrected chi connectivity index (χ3v) is 4.89. The summed E-state index contributed by atoms with van der Waals surface area (Å²) in [4.78, 5) is 11.5. The number of sulfonamides is 1. The van der Waals surface area contributed by atoms with Crippen LogP contribution in [0, 0.1) is 0 Å². The first-order valence-corrected chi connectivity index (χ1v) is 8.84. The molecule has 2 N–H and O–H groups in total. The summed E-state index contributed by atoms with van der Waals surface area (Å²) in [5.41, 5.74) is 2.37. The molecule has 1 amide bonds. The molecule has 0 bridgehead atoms. The third kappa shape index (κ3) is 4.56. The van der Waals surface area contributed by atoms with Crippen LogP contribution >= 0.6 is 0 Å². The van der Waals surface area contributed by atoms with Crippen molar-refractivity contribution in [2.45, 2.75) is 24.7 Å². The van der Waals surface area contributed by atoms with Crippen LogP contribution < -0.4 is 10.0 Å². The highest BCUT2D eigenvalue weighted by molar-refractivity contribution is 7.92. The summed E-state index contributed by atoms with van der Waals surface area (Å²) in [5, 5.41) is 2.55. The lowest BCUT2D eigenvalue weighted by Crippen LogP contribution is -2.19. The van der Waals surface area contributed by atoms with Gasteiger partial charge in [-0.05, 0) is 41.8 Å². The number of anilines is 1. The fourth-order valence-electron chi connectivity index (χ4n) is 2.08. The summed E-state index contributed by atoms with van der Waals surface area (Å²) >= 11 is 0. The van der Waals surface area contributed by atoms with Crippen LogP contribution in [0.4, 0.5) is 5.69 Å². The van der Waals surface area contributed by atoms with E-state index in [0.717, 1.165) is 17.5 Å². The molecule has 0 radical (unpaired) electrons. The van der Waals surface area contributed by atoms with Crippen LogP contribution in [0.2, 0.25) is 0 Å². The zero-order chi connectivity index (χ0) is 16.9. The van der Waals surface area contributed by atoms with Gasteiger partial charge < -0.3 is 5.32 Å². The topological polar surface area (TPSA) is 75.3 Å². The summed E-state index contributed by atoms with van der Waals surface area (Å²) in [5.74, 6) is -0.0886. The number of carbonyl (C=O) groups excluding carboxylic acids is 1. The first-order chi connectivity index (χ1) is 10.9. The molecule has 122 valence electrons. The quantitative estimate of drug-likeness (QED) is 0.852. The monoisotopic (exact) mass is 332 g/mol. The predicted molar refractivity (Wildman–Crippen MR) is 90.8 cm³/mol. The number of hydrogen-bond donors (Lipinski definition) is 2. The zero-order valence-corrected chi connectivity index (χ0v) is 14.0. The number of hydrogen-bond acceptors (Lipinski definition) is 3. The summed E-state index contributed by atoms with van der Waals surface area (Å²) in [7, 11) is -2.03. The fourth-order valence-corrected chi connectivity index (χ4v) is 3.14. The van der Waals surface area contributed by atoms with Gasteiger partial charge in [-0.25, -0.2) is 8.42 Å². The van der Waals surface area contributed by atoms with E-state index in [2.05, 4.69) is 10.0 Å². The van der Waals surface area contributed by atoms with Crippen molar-refractivity contribution < 1.29 is 13.2 Å². The number of likely N-dealkylation sites (N-methyl/N-ethyl adjacent to an activating group) is 1. The second kappa shape index (κ2) is 7.28. The van der Waals surface area contributed by atoms with Crippen LogP contribution in [0.1, 0.15) is 18.1 Å². The highest BCUT2D eigenvalue weighted by Gasteiger charge is 2.14. The lowest BCUT2D eigenvalue weighted by Gasteiger charge is -2.09. The highest BCUT2D eigenvalue weighted by Crippen LogP contribution is 2.17. The van der Waals surface area contributed by atoms with E-state index in [9.17, 15) is 13.2 Å². The molecule has 0 fully saturated rings. The van der Waals surface area contributed by atoms with E-state index >= 15 is 0 Å². The minimum absolute atomic E-state index is 0.0886. The number of nitrogens with one attached hydrogen (secondary N) is 2. The fraction of sp³-hybridized carbons (Fsp3) is 0.235. The average molecular weight is 332 g/mol. The molecule has 0 atom stereocenters. The molecule has 23 heavy (non-hydrogen) atoms. The molecule has 0 saturated heterocycles. The van der Waals surface area contributed by atoms with Crippen LogP contribution in [0.25, 0.3) is 0 Å². The molecular weight excluding hydrogens is 312 g/mol. The molecule has 0 saturated carbocycles. The molecule has 0 heterocycles. The molecule has 6 heteroatoms. The first kappa shape index (κ1) is 17.0. The van der Waals surface area contributed by atoms with Gasteiger partial charge in [-0.3, -0.25) is 9.52 Å². The van der Waals surface area contributed by atoms with Gasteiger partial charge in [0.1, 0.15) is 0 Å². The first-order valence-electron chi connectivity index (χ1n) is 7.36. The summed E-state index contributed by atoms with van der Waals surface area (Å²) < 4.78 is 27.2. The Balaban J connectivity index is 2.12. The van der Waals surface area contributed by atoms with Gasteiger partial charge >= 0.3 is 0 Å². The minimum Gasteiger partial charge on any atom is -0.359 e. The molecule has 0 aliphatic carbocycles. The van der Waals surface area contributed by atoms with Gasteiger partial charge in [-0.15, -0.1) is 0 Å². The number of carbonyl (C=O) groups is 1. The van der Waals surface area contributed by atoms with E-state index in [0.29, 0.717) is 5.69 Å². The summed E-state index contributed by atoms with van der Waals surface area (Å²) in [6, 6.07) is 13.6. The van der Waals surface area contributed by atoms with Crippen LogP contribution in [0.3, 0.4) is 0 Å². The Labute approximate surface area is 136 Å². The normalized spacial score (nSPS) is 11.0. The Kier molecular flexibility index (Phi) is 5.39. The molecule has 0 spiro atoms. The van der Waals surface area contributed by atoms with Crippen molar-refractivity contribution in [1.29, 1.82) is 0 Å². The van der Waals surface area contributed by atoms with Crippen LogP contribution in [-0.4, -0.2) is 21.4 Å². The second-order valence-corrected chi connectivity index (χ2v) is 6.83. The van der Waals surface area contributed by atoms with Crippen molar-refractivity contribution >= 4 is 21.6 Å². The standard InChI is InChI=1S/C17H20N2O3S/c1-3-13-6-10-16(11-7-13)23(21,22)19-15-8-4-14(5-9-15)12-17(20)18-2/h4-11,19H,3,12H2,1-2H3,(H,18,20). The molecule has 5 nitrogen and oxygen atoms in total. The molecular formula is C17H20N2O3S. The average Bonchev–Trinajstić information content (AvgIpc) is 2.56. The molecule has 0 unspecified atom stereocenters. The molecule has 2 aromatic carbocycles. The molecule has 0 aliphatic heterocycles. The van der Waals surface area contributed by atoms with E-state index in [1.165, 1.54) is 0 Å². The van der Waals surface area contributed by atoms with E-state index < -0.39 is 10.0 Å². The van der Waals surface area contributed by atoms with E-state index in [1.54, 1.807) is 55.6 Å². The SMILES string of the molecule is CCc1ccc(S(=O)(=O)Nc2ccc(CC(=O)NC)cc2)cc1. The third-order valence-electron chi connectivity index (χ3n) is 3.49. The molecule has 2 rings (SSSR count). The Hall–Kier alpha value is -2.34. The maximum atomic E-state index is 12.3. The van der Waals surface area contributed by atoms with Gasteiger partial charge in [0.2, 0.25) is 5.91 Å². The van der Waals surface area contributed by atoms with Crippen molar-refractivity contribution in [2.75, 3.05) is 11.8 Å². The van der Waals surface area contributed by atoms with E-state index in [-0.39, 0.29) is 17.2 Å². The molecule has 0 aromatic heterocycles. The molecule has 0 aliphatic rings. The highest BCUT2D eigenvalue weighted by atomic mass is 32.2. The van der Waals surface area contributed by atoms with Gasteiger partial charge in [-0.1, -0.05) is 31.2 Å². The van der Waals surface area contributed by atoms with Crippen molar-refractivity contribution in [3.63, 3.8) is 0 Å². The van der Waals surface area contributed by atoms with Gasteiger partial charge in [0, 0.05) is 12.7 Å². The van der Waals surface area contributed by atoms with Gasteiger partial charge in [0.05, 0.1) is 11.3 Å². The van der Waals surface area contributed by atoms with E-state index in [1.807, 2.05) is 6.92 Å². The second-order valence-electron chi connectivity index (χ2n) is 5.15. The maximum Gasteiger partial charge on any atom is 0.261 e. The zero-order valence-electron chi connectivity index (χ0n) is 13.2. The Bertz CT molecular complexity index is 766. The minimum atomic E-state index is -3.61. The Morgan fingerprint density at radius 2 is 1.52 bits per heavy atom. The predicted octanol–water partition coefficient (Wildman–Crippen LogP) is 2.34. The summed E-state index contributed by atoms with van der Waals surface area (Å²) in [6.45, 7) is 2.02. The number of amides is 1. The lowest BCUT2D eigenvalue weighted by atomic mass is 10.1. The van der Waals surface area contributed by atoms with Crippen molar-refractivity contribution in [3.8, 4) is 0 Å². The van der Waals surface area contributed by atoms with Crippen molar-refractivity contribution in [2.24, 2.45) is 0 Å². The van der Waals surface area contributed by atoms with E-state index in [4.69, 9.17) is 0 Å². The van der Waals surface area contributed by atoms with Gasteiger partial charge in [0.25, 0.3) is 10.0 Å². The van der Waals surface area contributed by atoms with Gasteiger partial charge in [0.15, 0.2) is 0 Å². The largest absolute Gasteiger partial charge is 0.359 e. The van der Waals surface area contributed by atoms with Gasteiger partial charge in [-0.2, -0.15) is 0 Å². The number of rotatable bonds is 6. The smallest absolute Gasteiger partial charge is 0.261 e. The molecule has 2 aromatic rings. The Morgan fingerprint density at radius 1 is 0.957 bits per heavy atom.